The lowest BCUT2D eigenvalue weighted by molar-refractivity contribution is 0.0192. The highest BCUT2D eigenvalue weighted by Crippen LogP contribution is 2.37. The zero-order valence-electron chi connectivity index (χ0n) is 9.62. The summed E-state index contributed by atoms with van der Waals surface area (Å²) >= 11 is 0. The van der Waals surface area contributed by atoms with Gasteiger partial charge in [-0.15, -0.1) is 0 Å². The number of hydrogen-bond acceptors (Lipinski definition) is 2. The fraction of sp³-hybridized carbons (Fsp3) is 0.615. The standard InChI is InChI=1S/C13H18FNO/c1-10-3-2-5-13(16,6-4-10)11-7-12(14)9-15-8-11/h7-10,16H,2-6H2,1H3. The van der Waals surface area contributed by atoms with E-state index in [1.165, 1.54) is 12.3 Å². The first-order valence-corrected chi connectivity index (χ1v) is 5.93. The quantitative estimate of drug-likeness (QED) is 0.742. The number of rotatable bonds is 1. The summed E-state index contributed by atoms with van der Waals surface area (Å²) in [6, 6.07) is 1.41. The van der Waals surface area contributed by atoms with Crippen molar-refractivity contribution in [2.24, 2.45) is 5.92 Å². The molecule has 1 saturated carbocycles. The smallest absolute Gasteiger partial charge is 0.141 e. The van der Waals surface area contributed by atoms with Gasteiger partial charge in [-0.2, -0.15) is 0 Å². The Morgan fingerprint density at radius 3 is 2.94 bits per heavy atom. The van der Waals surface area contributed by atoms with Crippen LogP contribution in [0.4, 0.5) is 4.39 Å². The first-order chi connectivity index (χ1) is 7.60. The van der Waals surface area contributed by atoms with Crippen molar-refractivity contribution in [3.8, 4) is 0 Å². The molecule has 0 aliphatic heterocycles. The number of aliphatic hydroxyl groups is 1. The molecule has 0 spiro atoms. The maximum Gasteiger partial charge on any atom is 0.141 e. The fourth-order valence-electron chi connectivity index (χ4n) is 2.45. The lowest BCUT2D eigenvalue weighted by Gasteiger charge is -2.26. The highest BCUT2D eigenvalue weighted by atomic mass is 19.1. The van der Waals surface area contributed by atoms with Crippen LogP contribution in [0.2, 0.25) is 0 Å². The van der Waals surface area contributed by atoms with Crippen molar-refractivity contribution in [1.29, 1.82) is 0 Å². The average molecular weight is 223 g/mol. The van der Waals surface area contributed by atoms with Gasteiger partial charge in [-0.3, -0.25) is 4.98 Å². The molecule has 2 unspecified atom stereocenters. The third-order valence-corrected chi connectivity index (χ3v) is 3.58. The second-order valence-corrected chi connectivity index (χ2v) is 4.96. The Bertz CT molecular complexity index is 369. The van der Waals surface area contributed by atoms with E-state index in [4.69, 9.17) is 0 Å². The van der Waals surface area contributed by atoms with Crippen molar-refractivity contribution in [2.75, 3.05) is 0 Å². The molecule has 1 N–H and O–H groups in total. The molecule has 1 aliphatic carbocycles. The maximum absolute atomic E-state index is 13.1. The van der Waals surface area contributed by atoms with Gasteiger partial charge in [0.2, 0.25) is 0 Å². The van der Waals surface area contributed by atoms with Gasteiger partial charge in [0.25, 0.3) is 0 Å². The Morgan fingerprint density at radius 1 is 1.38 bits per heavy atom. The van der Waals surface area contributed by atoms with Crippen molar-refractivity contribution < 1.29 is 9.50 Å². The summed E-state index contributed by atoms with van der Waals surface area (Å²) in [4.78, 5) is 3.82. The molecule has 1 aromatic rings. The molecular weight excluding hydrogens is 205 g/mol. The number of aromatic nitrogens is 1. The molecule has 0 radical (unpaired) electrons. The maximum atomic E-state index is 13.1. The second-order valence-electron chi connectivity index (χ2n) is 4.96. The van der Waals surface area contributed by atoms with Crippen molar-refractivity contribution in [3.05, 3.63) is 29.8 Å². The van der Waals surface area contributed by atoms with Crippen molar-refractivity contribution in [1.82, 2.24) is 4.98 Å². The van der Waals surface area contributed by atoms with E-state index in [1.54, 1.807) is 6.20 Å². The van der Waals surface area contributed by atoms with Crippen LogP contribution in [0.3, 0.4) is 0 Å². The Hall–Kier alpha value is -0.960. The van der Waals surface area contributed by atoms with Crippen LogP contribution in [0.5, 0.6) is 0 Å². The molecular formula is C13H18FNO. The molecule has 0 bridgehead atoms. The third kappa shape index (κ3) is 2.40. The molecule has 3 heteroatoms. The van der Waals surface area contributed by atoms with Gasteiger partial charge in [-0.05, 0) is 37.7 Å². The van der Waals surface area contributed by atoms with E-state index in [0.29, 0.717) is 24.3 Å². The lowest BCUT2D eigenvalue weighted by atomic mass is 9.87. The van der Waals surface area contributed by atoms with E-state index in [0.717, 1.165) is 19.3 Å². The average Bonchev–Trinajstić information content (AvgIpc) is 2.42. The summed E-state index contributed by atoms with van der Waals surface area (Å²) in [6.45, 7) is 2.20. The van der Waals surface area contributed by atoms with E-state index in [2.05, 4.69) is 11.9 Å². The Kier molecular flexibility index (Phi) is 3.24. The molecule has 1 aromatic heterocycles. The summed E-state index contributed by atoms with van der Waals surface area (Å²) in [5.41, 5.74) is -0.249. The predicted molar refractivity (Wildman–Crippen MR) is 60.3 cm³/mol. The Balaban J connectivity index is 2.23. The number of hydrogen-bond donors (Lipinski definition) is 1. The van der Waals surface area contributed by atoms with E-state index in [9.17, 15) is 9.50 Å². The van der Waals surface area contributed by atoms with Gasteiger partial charge in [0, 0.05) is 11.8 Å². The minimum Gasteiger partial charge on any atom is -0.385 e. The summed E-state index contributed by atoms with van der Waals surface area (Å²) in [5.74, 6) is 0.277. The molecule has 2 nitrogen and oxygen atoms in total. The van der Waals surface area contributed by atoms with E-state index >= 15 is 0 Å². The molecule has 1 heterocycles. The van der Waals surface area contributed by atoms with Crippen LogP contribution in [0.15, 0.2) is 18.5 Å². The number of pyridine rings is 1. The largest absolute Gasteiger partial charge is 0.385 e. The van der Waals surface area contributed by atoms with Crippen LogP contribution in [0.25, 0.3) is 0 Å². The van der Waals surface area contributed by atoms with Gasteiger partial charge >= 0.3 is 0 Å². The van der Waals surface area contributed by atoms with Crippen LogP contribution in [-0.2, 0) is 5.60 Å². The Morgan fingerprint density at radius 2 is 2.19 bits per heavy atom. The SMILES string of the molecule is CC1CCCC(O)(c2cncc(F)c2)CC1. The van der Waals surface area contributed by atoms with Crippen molar-refractivity contribution >= 4 is 0 Å². The minimum absolute atomic E-state index is 0.372. The third-order valence-electron chi connectivity index (χ3n) is 3.58. The number of nitrogens with zero attached hydrogens (tertiary/aromatic N) is 1. The molecule has 1 fully saturated rings. The topological polar surface area (TPSA) is 33.1 Å². The van der Waals surface area contributed by atoms with Gasteiger partial charge in [0.05, 0.1) is 11.8 Å². The predicted octanol–water partition coefficient (Wildman–Crippen LogP) is 3.01. The number of halogens is 1. The molecule has 0 saturated heterocycles. The van der Waals surface area contributed by atoms with Gasteiger partial charge in [0.1, 0.15) is 5.82 Å². The van der Waals surface area contributed by atoms with E-state index in [1.807, 2.05) is 0 Å². The first kappa shape index (κ1) is 11.5. The molecule has 0 aromatic carbocycles. The van der Waals surface area contributed by atoms with Crippen LogP contribution in [0.1, 0.15) is 44.6 Å². The normalized spacial score (nSPS) is 31.1. The van der Waals surface area contributed by atoms with Crippen molar-refractivity contribution in [2.45, 2.75) is 44.6 Å². The highest BCUT2D eigenvalue weighted by molar-refractivity contribution is 5.19. The van der Waals surface area contributed by atoms with Crippen LogP contribution < -0.4 is 0 Å². The molecule has 16 heavy (non-hydrogen) atoms. The van der Waals surface area contributed by atoms with Gasteiger partial charge in [-0.1, -0.05) is 13.3 Å². The molecule has 0 amide bonds. The van der Waals surface area contributed by atoms with Crippen LogP contribution in [-0.4, -0.2) is 10.1 Å². The van der Waals surface area contributed by atoms with Crippen LogP contribution in [0, 0.1) is 11.7 Å². The summed E-state index contributed by atoms with van der Waals surface area (Å²) in [6.07, 6.45) is 7.30. The van der Waals surface area contributed by atoms with E-state index < -0.39 is 5.60 Å². The molecule has 2 atom stereocenters. The zero-order chi connectivity index (χ0) is 11.6. The van der Waals surface area contributed by atoms with Crippen molar-refractivity contribution in [3.63, 3.8) is 0 Å². The second kappa shape index (κ2) is 4.50. The summed E-state index contributed by atoms with van der Waals surface area (Å²) < 4.78 is 13.1. The molecule has 88 valence electrons. The van der Waals surface area contributed by atoms with Gasteiger partial charge in [-0.25, -0.2) is 4.39 Å². The van der Waals surface area contributed by atoms with Crippen LogP contribution >= 0.6 is 0 Å². The molecule has 2 rings (SSSR count). The lowest BCUT2D eigenvalue weighted by Crippen LogP contribution is -2.25. The van der Waals surface area contributed by atoms with Gasteiger partial charge in [0.15, 0.2) is 0 Å². The first-order valence-electron chi connectivity index (χ1n) is 5.93. The van der Waals surface area contributed by atoms with Gasteiger partial charge < -0.3 is 5.11 Å². The minimum atomic E-state index is -0.875. The summed E-state index contributed by atoms with van der Waals surface area (Å²) in [7, 11) is 0. The zero-order valence-corrected chi connectivity index (χ0v) is 9.62. The van der Waals surface area contributed by atoms with E-state index in [-0.39, 0.29) is 5.82 Å². The Labute approximate surface area is 95.5 Å². The highest BCUT2D eigenvalue weighted by Gasteiger charge is 2.32. The monoisotopic (exact) mass is 223 g/mol. The molecule has 1 aliphatic rings. The fourth-order valence-corrected chi connectivity index (χ4v) is 2.45. The summed E-state index contributed by atoms with van der Waals surface area (Å²) in [5, 5.41) is 10.6.